The molecular weight excluding hydrogens is 492 g/mol. The summed E-state index contributed by atoms with van der Waals surface area (Å²) in [4.78, 5) is 24.0. The van der Waals surface area contributed by atoms with Crippen molar-refractivity contribution in [3.8, 4) is 23.7 Å². The molecule has 0 heterocycles. The summed E-state index contributed by atoms with van der Waals surface area (Å²) in [6.45, 7) is 15.3. The Morgan fingerprint density at radius 1 is 0.500 bits per heavy atom. The van der Waals surface area contributed by atoms with Crippen LogP contribution in [0.25, 0.3) is 0 Å². The third-order valence-corrected chi connectivity index (χ3v) is 7.53. The fraction of sp³-hybridized carbons (Fsp3) is 0.833. The van der Waals surface area contributed by atoms with Gasteiger partial charge in [0.25, 0.3) is 0 Å². The predicted octanol–water partition coefficient (Wildman–Crippen LogP) is 8.83. The Balaban J connectivity index is 3.56. The minimum absolute atomic E-state index is 0.185. The number of rotatable bonds is 24. The van der Waals surface area contributed by atoms with Crippen LogP contribution >= 0.6 is 0 Å². The van der Waals surface area contributed by atoms with Gasteiger partial charge in [0.15, 0.2) is 0 Å². The van der Waals surface area contributed by atoms with E-state index < -0.39 is 0 Å². The zero-order valence-electron chi connectivity index (χ0n) is 27.3. The van der Waals surface area contributed by atoms with Gasteiger partial charge >= 0.3 is 0 Å². The molecule has 4 nitrogen and oxygen atoms in total. The Labute approximate surface area is 249 Å². The summed E-state index contributed by atoms with van der Waals surface area (Å²) in [5.74, 6) is 15.5. The second-order valence-corrected chi connectivity index (χ2v) is 12.9. The van der Waals surface area contributed by atoms with Crippen LogP contribution in [0.3, 0.4) is 0 Å². The lowest BCUT2D eigenvalue weighted by Gasteiger charge is -2.12. The maximum absolute atomic E-state index is 12.0. The van der Waals surface area contributed by atoms with Gasteiger partial charge in [-0.25, -0.2) is 0 Å². The second kappa shape index (κ2) is 27.2. The van der Waals surface area contributed by atoms with Gasteiger partial charge in [0, 0.05) is 38.8 Å². The highest BCUT2D eigenvalue weighted by Crippen LogP contribution is 2.15. The number of amides is 2. The van der Waals surface area contributed by atoms with Crippen LogP contribution in [0.15, 0.2) is 0 Å². The molecule has 0 rings (SSSR count). The van der Waals surface area contributed by atoms with E-state index >= 15 is 0 Å². The highest BCUT2D eigenvalue weighted by molar-refractivity contribution is 5.76. The molecule has 0 unspecified atom stereocenters. The lowest BCUT2D eigenvalue weighted by Crippen LogP contribution is -2.25. The highest BCUT2D eigenvalue weighted by atomic mass is 16.2. The van der Waals surface area contributed by atoms with Crippen LogP contribution in [0, 0.1) is 47.4 Å². The lowest BCUT2D eigenvalue weighted by atomic mass is 9.97. The smallest absolute Gasteiger partial charge is 0.219 e. The van der Waals surface area contributed by atoms with Gasteiger partial charge in [0.1, 0.15) is 0 Å². The lowest BCUT2D eigenvalue weighted by molar-refractivity contribution is -0.122. The molecule has 0 aromatic heterocycles. The van der Waals surface area contributed by atoms with E-state index in [-0.39, 0.29) is 11.8 Å². The minimum Gasteiger partial charge on any atom is -0.356 e. The van der Waals surface area contributed by atoms with Crippen molar-refractivity contribution in [2.45, 2.75) is 157 Å². The molecule has 0 bridgehead atoms. The summed E-state index contributed by atoms with van der Waals surface area (Å²) in [5.41, 5.74) is 0. The predicted molar refractivity (Wildman–Crippen MR) is 173 cm³/mol. The Kier molecular flexibility index (Phi) is 25.9. The van der Waals surface area contributed by atoms with Crippen molar-refractivity contribution in [1.29, 1.82) is 0 Å². The van der Waals surface area contributed by atoms with E-state index in [2.05, 4.69) is 75.9 Å². The summed E-state index contributed by atoms with van der Waals surface area (Å²) in [6, 6.07) is 0. The van der Waals surface area contributed by atoms with E-state index in [0.29, 0.717) is 24.7 Å². The number of carbonyl (C=O) groups excluding carboxylic acids is 2. The first-order chi connectivity index (χ1) is 19.2. The van der Waals surface area contributed by atoms with Gasteiger partial charge in [-0.3, -0.25) is 9.59 Å². The molecule has 4 heteroatoms. The first-order valence-corrected chi connectivity index (χ1v) is 16.7. The maximum Gasteiger partial charge on any atom is 0.219 e. The summed E-state index contributed by atoms with van der Waals surface area (Å²) in [5, 5.41) is 6.15. The molecule has 230 valence electrons. The summed E-state index contributed by atoms with van der Waals surface area (Å²) < 4.78 is 0. The van der Waals surface area contributed by atoms with Crippen molar-refractivity contribution >= 4 is 11.8 Å². The van der Waals surface area contributed by atoms with Gasteiger partial charge in [0.05, 0.1) is 0 Å². The molecule has 0 spiro atoms. The number of nitrogens with one attached hydrogen (secondary N) is 2. The summed E-state index contributed by atoms with van der Waals surface area (Å²) >= 11 is 0. The molecule has 0 saturated carbocycles. The Morgan fingerprint density at radius 2 is 0.900 bits per heavy atom. The number of unbranched alkanes of at least 4 members (excludes halogenated alkanes) is 6. The maximum atomic E-state index is 12.0. The van der Waals surface area contributed by atoms with Gasteiger partial charge < -0.3 is 10.6 Å². The molecule has 40 heavy (non-hydrogen) atoms. The topological polar surface area (TPSA) is 58.2 Å². The van der Waals surface area contributed by atoms with Crippen molar-refractivity contribution < 1.29 is 9.59 Å². The third-order valence-electron chi connectivity index (χ3n) is 7.53. The molecule has 0 radical (unpaired) electrons. The number of hydrogen-bond acceptors (Lipinski definition) is 2. The van der Waals surface area contributed by atoms with Gasteiger partial charge in [0.2, 0.25) is 11.8 Å². The molecule has 0 fully saturated rings. The first-order valence-electron chi connectivity index (χ1n) is 16.7. The zero-order valence-corrected chi connectivity index (χ0v) is 27.3. The highest BCUT2D eigenvalue weighted by Gasteiger charge is 2.06. The third kappa shape index (κ3) is 29.1. The van der Waals surface area contributed by atoms with Crippen LogP contribution in [-0.2, 0) is 9.59 Å². The van der Waals surface area contributed by atoms with E-state index in [4.69, 9.17) is 0 Å². The molecular formula is C36H64N2O2. The van der Waals surface area contributed by atoms with E-state index in [1.165, 1.54) is 38.5 Å². The second-order valence-electron chi connectivity index (χ2n) is 12.9. The molecule has 2 atom stereocenters. The molecule has 0 aromatic carbocycles. The van der Waals surface area contributed by atoms with Crippen molar-refractivity contribution in [3.05, 3.63) is 0 Å². The van der Waals surface area contributed by atoms with Gasteiger partial charge in [-0.2, -0.15) is 0 Å². The van der Waals surface area contributed by atoms with Crippen LogP contribution < -0.4 is 10.6 Å². The molecule has 0 aliphatic heterocycles. The van der Waals surface area contributed by atoms with Crippen LogP contribution in [0.4, 0.5) is 0 Å². The van der Waals surface area contributed by atoms with Crippen molar-refractivity contribution in [1.82, 2.24) is 10.6 Å². The van der Waals surface area contributed by atoms with Crippen LogP contribution in [0.2, 0.25) is 0 Å². The van der Waals surface area contributed by atoms with E-state index in [1.54, 1.807) is 0 Å². The van der Waals surface area contributed by atoms with Crippen molar-refractivity contribution in [2.75, 3.05) is 13.1 Å². The monoisotopic (exact) mass is 556 g/mol. The minimum atomic E-state index is 0.185. The van der Waals surface area contributed by atoms with Gasteiger partial charge in [-0.15, -0.1) is 0 Å². The van der Waals surface area contributed by atoms with E-state index in [1.807, 2.05) is 0 Å². The summed E-state index contributed by atoms with van der Waals surface area (Å²) in [6.07, 6.45) is 18.8. The average molecular weight is 557 g/mol. The van der Waals surface area contributed by atoms with Crippen LogP contribution in [0.1, 0.15) is 157 Å². The zero-order chi connectivity index (χ0) is 29.8. The van der Waals surface area contributed by atoms with Gasteiger partial charge in [-0.05, 0) is 74.0 Å². The van der Waals surface area contributed by atoms with Crippen LogP contribution in [-0.4, -0.2) is 24.9 Å². The van der Waals surface area contributed by atoms with E-state index in [9.17, 15) is 9.59 Å². The Morgan fingerprint density at radius 3 is 1.27 bits per heavy atom. The molecule has 0 aliphatic rings. The molecule has 2 N–H and O–H groups in total. The fourth-order valence-electron chi connectivity index (χ4n) is 4.70. The molecule has 0 aliphatic carbocycles. The molecule has 2 amide bonds. The molecule has 0 saturated heterocycles. The standard InChI is InChI=1S/C36H64N2O2/c1-31(2)21-19-23-33(5)27-29-37-35(39)25-17-15-13-11-9-7-8-10-12-14-16-18-26-36(40)38-30-28-34(6)24-20-22-32(3)4/h31-34H,11-30H2,1-6H3,(H,37,39)(H,38,40)/t33-,34-/m1/s1. The molecule has 0 aromatic rings. The first kappa shape index (κ1) is 38.1. The Hall–Kier alpha value is -1.94. The quantitative estimate of drug-likeness (QED) is 0.0921. The van der Waals surface area contributed by atoms with E-state index in [0.717, 1.165) is 89.1 Å². The average Bonchev–Trinajstić information content (AvgIpc) is 2.88. The largest absolute Gasteiger partial charge is 0.356 e. The number of hydrogen-bond donors (Lipinski definition) is 2. The van der Waals surface area contributed by atoms with Gasteiger partial charge in [-0.1, -0.05) is 105 Å². The van der Waals surface area contributed by atoms with Crippen LogP contribution in [0.5, 0.6) is 0 Å². The number of carbonyl (C=O) groups is 2. The normalized spacial score (nSPS) is 12.3. The van der Waals surface area contributed by atoms with Crippen molar-refractivity contribution in [2.24, 2.45) is 23.7 Å². The fourth-order valence-corrected chi connectivity index (χ4v) is 4.70. The Bertz CT molecular complexity index is 686. The van der Waals surface area contributed by atoms with Crippen molar-refractivity contribution in [3.63, 3.8) is 0 Å². The summed E-state index contributed by atoms with van der Waals surface area (Å²) in [7, 11) is 0. The SMILES string of the molecule is CC(C)CCC[C@@H](C)CCNC(=O)CCCCCC#CC#CCCCCCC(=O)NCC[C@H](C)CCCC(C)C.